The Kier molecular flexibility index (Phi) is 4.06. The number of hydrogen-bond acceptors (Lipinski definition) is 4. The largest absolute Gasteiger partial charge is 0.497 e. The van der Waals surface area contributed by atoms with Gasteiger partial charge in [0.15, 0.2) is 0 Å². The molecule has 0 aliphatic rings. The van der Waals surface area contributed by atoms with Crippen molar-refractivity contribution in [1.82, 2.24) is 0 Å². The predicted octanol–water partition coefficient (Wildman–Crippen LogP) is 2.73. The summed E-state index contributed by atoms with van der Waals surface area (Å²) in [7, 11) is -2.33. The molecule has 0 saturated heterocycles. The van der Waals surface area contributed by atoms with Crippen LogP contribution in [0.15, 0.2) is 47.4 Å². The summed E-state index contributed by atoms with van der Waals surface area (Å²) in [6.07, 6.45) is 0. The minimum absolute atomic E-state index is 0.0354. The quantitative estimate of drug-likeness (QED) is 0.851. The zero-order chi connectivity index (χ0) is 14.8. The Morgan fingerprint density at radius 3 is 2.40 bits per heavy atom. The Labute approximate surface area is 122 Å². The van der Waals surface area contributed by atoms with Crippen LogP contribution in [0.1, 0.15) is 0 Å². The topological polar surface area (TPSA) is 81.4 Å². The Bertz CT molecular complexity index is 715. The summed E-state index contributed by atoms with van der Waals surface area (Å²) < 4.78 is 32.0. The van der Waals surface area contributed by atoms with Crippen LogP contribution >= 0.6 is 11.6 Å². The van der Waals surface area contributed by atoms with Crippen molar-refractivity contribution in [2.24, 2.45) is 0 Å². The van der Waals surface area contributed by atoms with Crippen LogP contribution in [0.5, 0.6) is 5.75 Å². The van der Waals surface area contributed by atoms with Gasteiger partial charge in [-0.3, -0.25) is 4.72 Å². The average Bonchev–Trinajstić information content (AvgIpc) is 2.41. The molecular formula is C13H13ClN2O3S. The molecule has 0 aliphatic carbocycles. The Morgan fingerprint density at radius 1 is 1.15 bits per heavy atom. The second kappa shape index (κ2) is 5.60. The van der Waals surface area contributed by atoms with E-state index < -0.39 is 10.0 Å². The fraction of sp³-hybridized carbons (Fsp3) is 0.0769. The molecule has 0 atom stereocenters. The normalized spacial score (nSPS) is 11.1. The second-order valence-corrected chi connectivity index (χ2v) is 6.10. The van der Waals surface area contributed by atoms with Crippen LogP contribution in [0.25, 0.3) is 0 Å². The van der Waals surface area contributed by atoms with Crippen molar-refractivity contribution < 1.29 is 13.2 Å². The second-order valence-electron chi connectivity index (χ2n) is 4.02. The maximum absolute atomic E-state index is 12.3. The van der Waals surface area contributed by atoms with Crippen LogP contribution in [-0.4, -0.2) is 15.5 Å². The molecule has 2 rings (SSSR count). The molecule has 0 aliphatic heterocycles. The highest BCUT2D eigenvalue weighted by Gasteiger charge is 2.18. The van der Waals surface area contributed by atoms with Crippen molar-refractivity contribution in [2.75, 3.05) is 17.6 Å². The minimum Gasteiger partial charge on any atom is -0.497 e. The number of rotatable bonds is 4. The van der Waals surface area contributed by atoms with Gasteiger partial charge < -0.3 is 10.5 Å². The minimum atomic E-state index is -3.79. The van der Waals surface area contributed by atoms with Gasteiger partial charge in [0.1, 0.15) is 10.6 Å². The molecule has 0 radical (unpaired) electrons. The van der Waals surface area contributed by atoms with Gasteiger partial charge in [-0.2, -0.15) is 0 Å². The van der Waals surface area contributed by atoms with E-state index in [1.807, 2.05) is 0 Å². The molecule has 5 nitrogen and oxygen atoms in total. The highest BCUT2D eigenvalue weighted by Crippen LogP contribution is 2.26. The lowest BCUT2D eigenvalue weighted by atomic mass is 10.3. The highest BCUT2D eigenvalue weighted by atomic mass is 35.5. The summed E-state index contributed by atoms with van der Waals surface area (Å²) in [5, 5.41) is 0.522. The first-order valence-corrected chi connectivity index (χ1v) is 7.50. The molecule has 0 unspecified atom stereocenters. The Hall–Kier alpha value is -1.92. The first-order chi connectivity index (χ1) is 9.42. The van der Waals surface area contributed by atoms with Gasteiger partial charge in [0, 0.05) is 16.8 Å². The van der Waals surface area contributed by atoms with Crippen LogP contribution in [0.4, 0.5) is 11.4 Å². The molecule has 106 valence electrons. The number of nitrogens with one attached hydrogen (secondary N) is 1. The zero-order valence-electron chi connectivity index (χ0n) is 10.6. The number of benzene rings is 2. The summed E-state index contributed by atoms with van der Waals surface area (Å²) in [4.78, 5) is -0.0354. The van der Waals surface area contributed by atoms with E-state index in [4.69, 9.17) is 22.1 Å². The molecule has 0 aromatic heterocycles. The zero-order valence-corrected chi connectivity index (χ0v) is 12.2. The van der Waals surface area contributed by atoms with Gasteiger partial charge in [-0.15, -0.1) is 0 Å². The molecule has 7 heteroatoms. The van der Waals surface area contributed by atoms with Crippen molar-refractivity contribution >= 4 is 33.0 Å². The van der Waals surface area contributed by atoms with Gasteiger partial charge in [-0.05, 0) is 36.4 Å². The molecule has 3 N–H and O–H groups in total. The number of nitrogens with two attached hydrogens (primary N) is 1. The van der Waals surface area contributed by atoms with Crippen molar-refractivity contribution in [1.29, 1.82) is 0 Å². The molecule has 0 bridgehead atoms. The number of sulfonamides is 1. The molecule has 0 spiro atoms. The number of hydrogen-bond donors (Lipinski definition) is 2. The molecular weight excluding hydrogens is 300 g/mol. The molecule has 2 aromatic rings. The Morgan fingerprint density at radius 2 is 1.80 bits per heavy atom. The fourth-order valence-corrected chi connectivity index (χ4v) is 2.93. The van der Waals surface area contributed by atoms with E-state index in [0.29, 0.717) is 16.5 Å². The van der Waals surface area contributed by atoms with Crippen molar-refractivity contribution in [2.45, 2.75) is 4.90 Å². The first kappa shape index (κ1) is 14.5. The summed E-state index contributed by atoms with van der Waals surface area (Å²) in [6, 6.07) is 10.8. The van der Waals surface area contributed by atoms with Gasteiger partial charge in [0.25, 0.3) is 10.0 Å². The number of nitrogen functional groups attached to an aromatic ring is 1. The lowest BCUT2D eigenvalue weighted by Crippen LogP contribution is -2.14. The van der Waals surface area contributed by atoms with Crippen LogP contribution in [0.2, 0.25) is 5.02 Å². The van der Waals surface area contributed by atoms with Crippen LogP contribution in [0, 0.1) is 0 Å². The maximum Gasteiger partial charge on any atom is 0.264 e. The van der Waals surface area contributed by atoms with E-state index in [-0.39, 0.29) is 10.6 Å². The first-order valence-electron chi connectivity index (χ1n) is 5.64. The van der Waals surface area contributed by atoms with Crippen LogP contribution in [0.3, 0.4) is 0 Å². The molecule has 20 heavy (non-hydrogen) atoms. The SMILES string of the molecule is COc1ccc(N)c(S(=O)(=O)Nc2ccc(Cl)cc2)c1. The molecule has 0 heterocycles. The summed E-state index contributed by atoms with van der Waals surface area (Å²) in [6.45, 7) is 0. The van der Waals surface area contributed by atoms with E-state index in [2.05, 4.69) is 4.72 Å². The lowest BCUT2D eigenvalue weighted by Gasteiger charge is -2.11. The smallest absolute Gasteiger partial charge is 0.264 e. The van der Waals surface area contributed by atoms with Gasteiger partial charge >= 0.3 is 0 Å². The van der Waals surface area contributed by atoms with Crippen molar-refractivity contribution in [3.63, 3.8) is 0 Å². The van der Waals surface area contributed by atoms with Crippen molar-refractivity contribution in [3.05, 3.63) is 47.5 Å². The Balaban J connectivity index is 2.37. The predicted molar refractivity (Wildman–Crippen MR) is 79.7 cm³/mol. The summed E-state index contributed by atoms with van der Waals surface area (Å²) >= 11 is 5.75. The number of ether oxygens (including phenoxy) is 1. The molecule has 0 amide bonds. The van der Waals surface area contributed by atoms with Crippen molar-refractivity contribution in [3.8, 4) is 5.75 Å². The monoisotopic (exact) mass is 312 g/mol. The third-order valence-electron chi connectivity index (χ3n) is 2.61. The van der Waals surface area contributed by atoms with Gasteiger partial charge in [-0.1, -0.05) is 11.6 Å². The van der Waals surface area contributed by atoms with E-state index >= 15 is 0 Å². The number of methoxy groups -OCH3 is 1. The van der Waals surface area contributed by atoms with Crippen LogP contribution in [-0.2, 0) is 10.0 Å². The summed E-state index contributed by atoms with van der Waals surface area (Å²) in [5.41, 5.74) is 6.26. The lowest BCUT2D eigenvalue weighted by molar-refractivity contribution is 0.413. The number of anilines is 2. The molecule has 0 saturated carbocycles. The number of halogens is 1. The third-order valence-corrected chi connectivity index (χ3v) is 4.30. The van der Waals surface area contributed by atoms with Gasteiger partial charge in [0.2, 0.25) is 0 Å². The average molecular weight is 313 g/mol. The van der Waals surface area contributed by atoms with Crippen LogP contribution < -0.4 is 15.2 Å². The van der Waals surface area contributed by atoms with E-state index in [1.54, 1.807) is 30.3 Å². The fourth-order valence-electron chi connectivity index (χ4n) is 1.60. The summed E-state index contributed by atoms with van der Waals surface area (Å²) in [5.74, 6) is 0.413. The standard InChI is InChI=1S/C13H13ClN2O3S/c1-19-11-6-7-12(15)13(8-11)20(17,18)16-10-4-2-9(14)3-5-10/h2-8,16H,15H2,1H3. The molecule has 2 aromatic carbocycles. The van der Waals surface area contributed by atoms with E-state index in [1.165, 1.54) is 19.2 Å². The molecule has 0 fully saturated rings. The van der Waals surface area contributed by atoms with Gasteiger partial charge in [0.05, 0.1) is 12.8 Å². The maximum atomic E-state index is 12.3. The highest BCUT2D eigenvalue weighted by molar-refractivity contribution is 7.92. The third kappa shape index (κ3) is 3.15. The van der Waals surface area contributed by atoms with E-state index in [0.717, 1.165) is 0 Å². The van der Waals surface area contributed by atoms with Gasteiger partial charge in [-0.25, -0.2) is 8.42 Å². The van der Waals surface area contributed by atoms with E-state index in [9.17, 15) is 8.42 Å².